The molecule has 17 heavy (non-hydrogen) atoms. The number of carbonyl (C=O) groups excluding carboxylic acids is 1. The first-order valence-corrected chi connectivity index (χ1v) is 5.12. The zero-order valence-corrected chi connectivity index (χ0v) is 9.04. The number of anilines is 1. The standard InChI is InChI=1S/C12H11N3O2/c16-11(14-10-5-1-3-7-13-10)9-15-8-4-2-6-12(15)17/h1-8H,9H2,(H,13,14,16). The van der Waals surface area contributed by atoms with Crippen LogP contribution < -0.4 is 10.9 Å². The van der Waals surface area contributed by atoms with E-state index in [0.717, 1.165) is 0 Å². The van der Waals surface area contributed by atoms with Crippen LogP contribution in [-0.2, 0) is 11.3 Å². The van der Waals surface area contributed by atoms with Gasteiger partial charge < -0.3 is 9.88 Å². The van der Waals surface area contributed by atoms with Crippen LogP contribution in [0.1, 0.15) is 0 Å². The third-order valence-electron chi connectivity index (χ3n) is 2.15. The lowest BCUT2D eigenvalue weighted by Gasteiger charge is -2.05. The van der Waals surface area contributed by atoms with E-state index in [-0.39, 0.29) is 18.0 Å². The van der Waals surface area contributed by atoms with Gasteiger partial charge in [-0.2, -0.15) is 0 Å². The van der Waals surface area contributed by atoms with Crippen molar-refractivity contribution in [3.63, 3.8) is 0 Å². The lowest BCUT2D eigenvalue weighted by Crippen LogP contribution is -2.26. The van der Waals surface area contributed by atoms with Gasteiger partial charge in [0, 0.05) is 18.5 Å². The second-order valence-corrected chi connectivity index (χ2v) is 3.43. The predicted molar refractivity (Wildman–Crippen MR) is 63.6 cm³/mol. The maximum Gasteiger partial charge on any atom is 0.250 e. The minimum absolute atomic E-state index is 0.0176. The second-order valence-electron chi connectivity index (χ2n) is 3.43. The molecule has 2 heterocycles. The normalized spacial score (nSPS) is 9.88. The van der Waals surface area contributed by atoms with Gasteiger partial charge in [-0.1, -0.05) is 12.1 Å². The van der Waals surface area contributed by atoms with Gasteiger partial charge in [0.1, 0.15) is 12.4 Å². The Kier molecular flexibility index (Phi) is 3.30. The number of hydrogen-bond donors (Lipinski definition) is 1. The number of amides is 1. The quantitative estimate of drug-likeness (QED) is 0.849. The fraction of sp³-hybridized carbons (Fsp3) is 0.0833. The molecule has 5 nitrogen and oxygen atoms in total. The van der Waals surface area contributed by atoms with Gasteiger partial charge in [0.2, 0.25) is 5.91 Å². The van der Waals surface area contributed by atoms with E-state index in [1.807, 2.05) is 0 Å². The Balaban J connectivity index is 2.04. The first-order chi connectivity index (χ1) is 8.25. The highest BCUT2D eigenvalue weighted by Crippen LogP contribution is 1.99. The van der Waals surface area contributed by atoms with Crippen molar-refractivity contribution < 1.29 is 4.79 Å². The highest BCUT2D eigenvalue weighted by atomic mass is 16.2. The number of nitrogens with one attached hydrogen (secondary N) is 1. The molecule has 0 aliphatic rings. The summed E-state index contributed by atoms with van der Waals surface area (Å²) in [7, 11) is 0. The van der Waals surface area contributed by atoms with Crippen LogP contribution in [0.4, 0.5) is 5.82 Å². The van der Waals surface area contributed by atoms with E-state index in [1.54, 1.807) is 42.7 Å². The van der Waals surface area contributed by atoms with Gasteiger partial charge in [0.25, 0.3) is 5.56 Å². The second kappa shape index (κ2) is 5.07. The zero-order chi connectivity index (χ0) is 12.1. The summed E-state index contributed by atoms with van der Waals surface area (Å²) in [6.07, 6.45) is 3.16. The van der Waals surface area contributed by atoms with E-state index >= 15 is 0 Å². The number of aromatic nitrogens is 2. The maximum atomic E-state index is 11.6. The van der Waals surface area contributed by atoms with Gasteiger partial charge >= 0.3 is 0 Å². The number of carbonyl (C=O) groups is 1. The van der Waals surface area contributed by atoms with Crippen LogP contribution in [0.5, 0.6) is 0 Å². The molecule has 0 unspecified atom stereocenters. The highest BCUT2D eigenvalue weighted by Gasteiger charge is 2.04. The van der Waals surface area contributed by atoms with Crippen molar-refractivity contribution in [1.29, 1.82) is 0 Å². The average Bonchev–Trinajstić information content (AvgIpc) is 2.33. The summed E-state index contributed by atoms with van der Waals surface area (Å²) in [5.41, 5.74) is -0.205. The molecular formula is C12H11N3O2. The summed E-state index contributed by atoms with van der Waals surface area (Å²) in [4.78, 5) is 27.0. The van der Waals surface area contributed by atoms with E-state index in [2.05, 4.69) is 10.3 Å². The van der Waals surface area contributed by atoms with E-state index in [4.69, 9.17) is 0 Å². The minimum Gasteiger partial charge on any atom is -0.309 e. The van der Waals surface area contributed by atoms with Crippen LogP contribution in [0.3, 0.4) is 0 Å². The van der Waals surface area contributed by atoms with Crippen molar-refractivity contribution >= 4 is 11.7 Å². The molecule has 0 aliphatic heterocycles. The minimum atomic E-state index is -0.281. The average molecular weight is 229 g/mol. The number of rotatable bonds is 3. The largest absolute Gasteiger partial charge is 0.309 e. The Hall–Kier alpha value is -2.43. The maximum absolute atomic E-state index is 11.6. The predicted octanol–water partition coefficient (Wildman–Crippen LogP) is 0.882. The molecule has 2 aromatic heterocycles. The van der Waals surface area contributed by atoms with Gasteiger partial charge in [-0.05, 0) is 18.2 Å². The summed E-state index contributed by atoms with van der Waals surface area (Å²) in [5, 5.41) is 2.61. The topological polar surface area (TPSA) is 64.0 Å². The molecule has 1 N–H and O–H groups in total. The van der Waals surface area contributed by atoms with Crippen LogP contribution >= 0.6 is 0 Å². The molecule has 0 aromatic carbocycles. The molecule has 86 valence electrons. The van der Waals surface area contributed by atoms with E-state index in [0.29, 0.717) is 5.82 Å². The summed E-state index contributed by atoms with van der Waals surface area (Å²) >= 11 is 0. The molecular weight excluding hydrogens is 218 g/mol. The van der Waals surface area contributed by atoms with Gasteiger partial charge in [-0.3, -0.25) is 9.59 Å². The molecule has 0 saturated heterocycles. The van der Waals surface area contributed by atoms with Crippen LogP contribution in [0.15, 0.2) is 53.6 Å². The van der Waals surface area contributed by atoms with Crippen LogP contribution in [0, 0.1) is 0 Å². The van der Waals surface area contributed by atoms with Gasteiger partial charge in [-0.15, -0.1) is 0 Å². The fourth-order valence-corrected chi connectivity index (χ4v) is 1.37. The van der Waals surface area contributed by atoms with Crippen molar-refractivity contribution in [3.8, 4) is 0 Å². The summed E-state index contributed by atoms with van der Waals surface area (Å²) in [6.45, 7) is -0.0176. The van der Waals surface area contributed by atoms with E-state index < -0.39 is 0 Å². The molecule has 5 heteroatoms. The summed E-state index contributed by atoms with van der Waals surface area (Å²) in [6, 6.07) is 9.97. The van der Waals surface area contributed by atoms with Gasteiger partial charge in [0.05, 0.1) is 0 Å². The smallest absolute Gasteiger partial charge is 0.250 e. The van der Waals surface area contributed by atoms with Crippen molar-refractivity contribution in [1.82, 2.24) is 9.55 Å². The number of pyridine rings is 2. The molecule has 2 rings (SSSR count). The van der Waals surface area contributed by atoms with E-state index in [9.17, 15) is 9.59 Å². The first-order valence-electron chi connectivity index (χ1n) is 5.12. The Morgan fingerprint density at radius 1 is 1.24 bits per heavy atom. The monoisotopic (exact) mass is 229 g/mol. The lowest BCUT2D eigenvalue weighted by molar-refractivity contribution is -0.116. The molecule has 2 aromatic rings. The molecule has 0 bridgehead atoms. The van der Waals surface area contributed by atoms with E-state index in [1.165, 1.54) is 10.6 Å². The third-order valence-corrected chi connectivity index (χ3v) is 2.15. The Labute approximate surface area is 97.7 Å². The molecule has 0 atom stereocenters. The van der Waals surface area contributed by atoms with Gasteiger partial charge in [0.15, 0.2) is 0 Å². The summed E-state index contributed by atoms with van der Waals surface area (Å²) in [5.74, 6) is 0.193. The van der Waals surface area contributed by atoms with Crippen molar-refractivity contribution in [2.45, 2.75) is 6.54 Å². The lowest BCUT2D eigenvalue weighted by atomic mass is 10.4. The molecule has 0 aliphatic carbocycles. The van der Waals surface area contributed by atoms with Crippen LogP contribution in [0.2, 0.25) is 0 Å². The third kappa shape index (κ3) is 3.01. The molecule has 0 spiro atoms. The van der Waals surface area contributed by atoms with Crippen molar-refractivity contribution in [2.24, 2.45) is 0 Å². The Morgan fingerprint density at radius 3 is 2.76 bits per heavy atom. The summed E-state index contributed by atoms with van der Waals surface area (Å²) < 4.78 is 1.33. The van der Waals surface area contributed by atoms with Crippen molar-refractivity contribution in [3.05, 3.63) is 59.1 Å². The Morgan fingerprint density at radius 2 is 2.06 bits per heavy atom. The Bertz CT molecular complexity index is 563. The molecule has 0 fully saturated rings. The number of nitrogens with zero attached hydrogens (tertiary/aromatic N) is 2. The SMILES string of the molecule is O=C(Cn1ccccc1=O)Nc1ccccn1. The zero-order valence-electron chi connectivity index (χ0n) is 9.04. The van der Waals surface area contributed by atoms with Crippen molar-refractivity contribution in [2.75, 3.05) is 5.32 Å². The molecule has 0 radical (unpaired) electrons. The molecule has 0 saturated carbocycles. The van der Waals surface area contributed by atoms with Crippen LogP contribution in [0.25, 0.3) is 0 Å². The number of hydrogen-bond acceptors (Lipinski definition) is 3. The first kappa shape index (κ1) is 11.1. The molecule has 1 amide bonds. The van der Waals surface area contributed by atoms with Crippen LogP contribution in [-0.4, -0.2) is 15.5 Å². The van der Waals surface area contributed by atoms with Gasteiger partial charge in [-0.25, -0.2) is 4.98 Å². The fourth-order valence-electron chi connectivity index (χ4n) is 1.37. The highest BCUT2D eigenvalue weighted by molar-refractivity contribution is 5.89.